The van der Waals surface area contributed by atoms with Crippen molar-refractivity contribution in [3.8, 4) is 0 Å². The first-order valence-electron chi connectivity index (χ1n) is 4.57. The quantitative estimate of drug-likeness (QED) is 0.550. The van der Waals surface area contributed by atoms with Crippen molar-refractivity contribution < 1.29 is 9.59 Å². The van der Waals surface area contributed by atoms with Crippen molar-refractivity contribution in [3.05, 3.63) is 30.4 Å². The third kappa shape index (κ3) is 3.38. The van der Waals surface area contributed by atoms with E-state index in [1.54, 1.807) is 13.1 Å². The van der Waals surface area contributed by atoms with E-state index in [-0.39, 0.29) is 18.1 Å². The lowest BCUT2D eigenvalue weighted by Gasteiger charge is -2.02. The van der Waals surface area contributed by atoms with Gasteiger partial charge >= 0.3 is 0 Å². The van der Waals surface area contributed by atoms with Gasteiger partial charge in [0.15, 0.2) is 11.6 Å². The van der Waals surface area contributed by atoms with E-state index in [2.05, 4.69) is 21.9 Å². The Kier molecular flexibility index (Phi) is 3.79. The van der Waals surface area contributed by atoms with E-state index in [4.69, 9.17) is 0 Å². The maximum atomic E-state index is 11.4. The summed E-state index contributed by atoms with van der Waals surface area (Å²) in [4.78, 5) is 29.0. The van der Waals surface area contributed by atoms with Gasteiger partial charge in [0, 0.05) is 30.9 Å². The van der Waals surface area contributed by atoms with Crippen LogP contribution in [-0.4, -0.2) is 28.2 Å². The Morgan fingerprint density at radius 2 is 2.33 bits per heavy atom. The summed E-state index contributed by atoms with van der Waals surface area (Å²) in [6.45, 7) is 5.40. The fraction of sp³-hybridized carbons (Fsp3) is 0.300. The van der Waals surface area contributed by atoms with Crippen molar-refractivity contribution >= 4 is 11.7 Å². The van der Waals surface area contributed by atoms with Crippen LogP contribution in [0.1, 0.15) is 24.0 Å². The Labute approximate surface area is 87.6 Å². The second-order valence-electron chi connectivity index (χ2n) is 3.15. The molecule has 0 atom stereocenters. The predicted molar refractivity (Wildman–Crippen MR) is 55.4 cm³/mol. The van der Waals surface area contributed by atoms with Gasteiger partial charge in [-0.3, -0.25) is 9.59 Å². The number of ketones is 1. The van der Waals surface area contributed by atoms with Crippen LogP contribution in [0.5, 0.6) is 0 Å². The van der Waals surface area contributed by atoms with Crippen LogP contribution in [0.2, 0.25) is 0 Å². The van der Waals surface area contributed by atoms with Crippen LogP contribution in [0.4, 0.5) is 0 Å². The van der Waals surface area contributed by atoms with Gasteiger partial charge in [-0.1, -0.05) is 6.58 Å². The van der Waals surface area contributed by atoms with E-state index in [0.717, 1.165) is 0 Å². The van der Waals surface area contributed by atoms with Gasteiger partial charge in [-0.15, -0.1) is 0 Å². The molecule has 15 heavy (non-hydrogen) atoms. The minimum Gasteiger partial charge on any atom is -0.352 e. The number of carbonyl (C=O) groups excluding carboxylic acids is 2. The molecule has 5 heteroatoms. The van der Waals surface area contributed by atoms with Crippen molar-refractivity contribution in [2.75, 3.05) is 6.54 Å². The maximum Gasteiger partial charge on any atom is 0.246 e. The Morgan fingerprint density at radius 1 is 1.60 bits per heavy atom. The molecule has 5 nitrogen and oxygen atoms in total. The first kappa shape index (κ1) is 11.2. The number of nitrogens with zero attached hydrogens (tertiary/aromatic N) is 1. The fourth-order valence-electron chi connectivity index (χ4n) is 0.977. The molecular weight excluding hydrogens is 194 g/mol. The lowest BCUT2D eigenvalue weighted by molar-refractivity contribution is -0.117. The molecule has 0 saturated heterocycles. The SMILES string of the molecule is C=C(C)C(=O)NCCC(=O)c1ncc[nH]1. The summed E-state index contributed by atoms with van der Waals surface area (Å²) in [5.74, 6) is -0.0381. The lowest BCUT2D eigenvalue weighted by Crippen LogP contribution is -2.26. The molecule has 0 saturated carbocycles. The second kappa shape index (κ2) is 5.09. The van der Waals surface area contributed by atoms with Crippen LogP contribution in [0.3, 0.4) is 0 Å². The number of amides is 1. The molecule has 0 fully saturated rings. The zero-order valence-corrected chi connectivity index (χ0v) is 8.54. The van der Waals surface area contributed by atoms with E-state index in [1.165, 1.54) is 6.20 Å². The van der Waals surface area contributed by atoms with E-state index < -0.39 is 0 Å². The lowest BCUT2D eigenvalue weighted by atomic mass is 10.2. The third-order valence-corrected chi connectivity index (χ3v) is 1.79. The van der Waals surface area contributed by atoms with Gasteiger partial charge in [-0.2, -0.15) is 0 Å². The molecular formula is C10H13N3O2. The Hall–Kier alpha value is -1.91. The van der Waals surface area contributed by atoms with Crippen molar-refractivity contribution in [1.29, 1.82) is 0 Å². The second-order valence-corrected chi connectivity index (χ2v) is 3.15. The molecule has 0 radical (unpaired) electrons. The number of rotatable bonds is 5. The van der Waals surface area contributed by atoms with Crippen LogP contribution < -0.4 is 5.32 Å². The summed E-state index contributed by atoms with van der Waals surface area (Å²) in [5.41, 5.74) is 0.431. The number of Topliss-reactive ketones (excluding diaryl/α,β-unsaturated/α-hetero) is 1. The molecule has 0 aliphatic carbocycles. The standard InChI is InChI=1S/C10H13N3O2/c1-7(2)10(15)13-4-3-8(14)9-11-5-6-12-9/h5-6H,1,3-4H2,2H3,(H,11,12)(H,13,15). The third-order valence-electron chi connectivity index (χ3n) is 1.79. The smallest absolute Gasteiger partial charge is 0.246 e. The molecule has 1 aromatic rings. The fourth-order valence-corrected chi connectivity index (χ4v) is 0.977. The Bertz CT molecular complexity index is 368. The van der Waals surface area contributed by atoms with Gasteiger partial charge in [-0.25, -0.2) is 4.98 Å². The van der Waals surface area contributed by atoms with Gasteiger partial charge in [0.05, 0.1) is 0 Å². The average molecular weight is 207 g/mol. The number of nitrogens with one attached hydrogen (secondary N) is 2. The van der Waals surface area contributed by atoms with Gasteiger partial charge < -0.3 is 10.3 Å². The van der Waals surface area contributed by atoms with Gasteiger partial charge in [0.25, 0.3) is 0 Å². The van der Waals surface area contributed by atoms with Crippen LogP contribution in [0, 0.1) is 0 Å². The van der Waals surface area contributed by atoms with E-state index in [0.29, 0.717) is 17.9 Å². The van der Waals surface area contributed by atoms with E-state index in [9.17, 15) is 9.59 Å². The summed E-state index contributed by atoms with van der Waals surface area (Å²) < 4.78 is 0. The molecule has 2 N–H and O–H groups in total. The summed E-state index contributed by atoms with van der Waals surface area (Å²) >= 11 is 0. The van der Waals surface area contributed by atoms with Crippen LogP contribution >= 0.6 is 0 Å². The zero-order chi connectivity index (χ0) is 11.3. The monoisotopic (exact) mass is 207 g/mol. The summed E-state index contributed by atoms with van der Waals surface area (Å²) in [5, 5.41) is 2.57. The number of H-pyrrole nitrogens is 1. The molecule has 0 aliphatic heterocycles. The molecule has 1 amide bonds. The molecule has 0 aliphatic rings. The zero-order valence-electron chi connectivity index (χ0n) is 8.54. The average Bonchev–Trinajstić information content (AvgIpc) is 2.70. The summed E-state index contributed by atoms with van der Waals surface area (Å²) in [6.07, 6.45) is 3.33. The number of hydrogen-bond acceptors (Lipinski definition) is 3. The highest BCUT2D eigenvalue weighted by molar-refractivity contribution is 5.94. The summed E-state index contributed by atoms with van der Waals surface area (Å²) in [6, 6.07) is 0. The minimum atomic E-state index is -0.234. The number of aromatic nitrogens is 2. The van der Waals surface area contributed by atoms with Crippen molar-refractivity contribution in [3.63, 3.8) is 0 Å². The van der Waals surface area contributed by atoms with Crippen LogP contribution in [-0.2, 0) is 4.79 Å². The topological polar surface area (TPSA) is 74.8 Å². The molecule has 0 spiro atoms. The van der Waals surface area contributed by atoms with Crippen molar-refractivity contribution in [1.82, 2.24) is 15.3 Å². The van der Waals surface area contributed by atoms with Crippen molar-refractivity contribution in [2.45, 2.75) is 13.3 Å². The van der Waals surface area contributed by atoms with Crippen LogP contribution in [0.25, 0.3) is 0 Å². The number of imidazole rings is 1. The molecule has 1 heterocycles. The van der Waals surface area contributed by atoms with Crippen molar-refractivity contribution in [2.24, 2.45) is 0 Å². The number of aromatic amines is 1. The number of hydrogen-bond donors (Lipinski definition) is 2. The first-order valence-corrected chi connectivity index (χ1v) is 4.57. The van der Waals surface area contributed by atoms with Gasteiger partial charge in [0.1, 0.15) is 0 Å². The Balaban J connectivity index is 2.30. The molecule has 1 rings (SSSR count). The van der Waals surface area contributed by atoms with Gasteiger partial charge in [-0.05, 0) is 6.92 Å². The first-order chi connectivity index (χ1) is 7.11. The molecule has 0 aromatic carbocycles. The van der Waals surface area contributed by atoms with E-state index in [1.807, 2.05) is 0 Å². The molecule has 1 aromatic heterocycles. The highest BCUT2D eigenvalue weighted by Gasteiger charge is 2.08. The maximum absolute atomic E-state index is 11.4. The summed E-state index contributed by atoms with van der Waals surface area (Å²) in [7, 11) is 0. The Morgan fingerprint density at radius 3 is 2.87 bits per heavy atom. The molecule has 0 bridgehead atoms. The number of carbonyl (C=O) groups is 2. The minimum absolute atomic E-state index is 0.123. The van der Waals surface area contributed by atoms with Gasteiger partial charge in [0.2, 0.25) is 5.91 Å². The highest BCUT2D eigenvalue weighted by Crippen LogP contribution is 1.95. The largest absolute Gasteiger partial charge is 0.352 e. The normalized spacial score (nSPS) is 9.67. The molecule has 80 valence electrons. The highest BCUT2D eigenvalue weighted by atomic mass is 16.2. The van der Waals surface area contributed by atoms with Crippen LogP contribution in [0.15, 0.2) is 24.5 Å². The molecule has 0 unspecified atom stereocenters. The predicted octanol–water partition coefficient (Wildman–Crippen LogP) is 0.675. The van der Waals surface area contributed by atoms with E-state index >= 15 is 0 Å².